The van der Waals surface area contributed by atoms with Gasteiger partial charge in [0.15, 0.2) is 0 Å². The van der Waals surface area contributed by atoms with E-state index in [1.165, 1.54) is 4.90 Å². The summed E-state index contributed by atoms with van der Waals surface area (Å²) in [5, 5.41) is 20.6. The number of urea groups is 1. The van der Waals surface area contributed by atoms with Crippen molar-refractivity contribution < 1.29 is 19.8 Å². The van der Waals surface area contributed by atoms with Gasteiger partial charge in [0.2, 0.25) is 0 Å². The Bertz CT molecular complexity index is 300. The Morgan fingerprint density at radius 3 is 2.39 bits per heavy atom. The third kappa shape index (κ3) is 4.18. The molecule has 1 fully saturated rings. The summed E-state index contributed by atoms with van der Waals surface area (Å²) in [6.45, 7) is 0.144. The molecular formula is C12H22N2O4. The zero-order chi connectivity index (χ0) is 13.6. The first kappa shape index (κ1) is 14.8. The number of aliphatic carboxylic acids is 1. The number of carboxylic acids is 1. The van der Waals surface area contributed by atoms with Crippen LogP contribution in [0.1, 0.15) is 38.5 Å². The summed E-state index contributed by atoms with van der Waals surface area (Å²) in [5.41, 5.74) is -0.620. The van der Waals surface area contributed by atoms with Gasteiger partial charge in [-0.15, -0.1) is 0 Å². The van der Waals surface area contributed by atoms with Gasteiger partial charge >= 0.3 is 12.0 Å². The minimum Gasteiger partial charge on any atom is -0.481 e. The fourth-order valence-electron chi connectivity index (χ4n) is 2.44. The summed E-state index contributed by atoms with van der Waals surface area (Å²) in [7, 11) is 1.59. The summed E-state index contributed by atoms with van der Waals surface area (Å²) in [6.07, 6.45) is 4.35. The van der Waals surface area contributed by atoms with E-state index in [9.17, 15) is 9.59 Å². The summed E-state index contributed by atoms with van der Waals surface area (Å²) in [6, 6.07) is -0.313. The van der Waals surface area contributed by atoms with Crippen molar-refractivity contribution in [1.29, 1.82) is 0 Å². The van der Waals surface area contributed by atoms with Crippen LogP contribution in [-0.4, -0.2) is 52.9 Å². The number of hydrogen-bond acceptors (Lipinski definition) is 3. The van der Waals surface area contributed by atoms with Crippen LogP contribution in [0.2, 0.25) is 0 Å². The number of nitrogens with zero attached hydrogens (tertiary/aromatic N) is 1. The number of rotatable bonds is 5. The molecular weight excluding hydrogens is 236 g/mol. The molecule has 0 aromatic heterocycles. The molecule has 1 aliphatic rings. The van der Waals surface area contributed by atoms with Gasteiger partial charge in [0.05, 0.1) is 18.6 Å². The van der Waals surface area contributed by atoms with Gasteiger partial charge in [-0.2, -0.15) is 0 Å². The summed E-state index contributed by atoms with van der Waals surface area (Å²) >= 11 is 0. The van der Waals surface area contributed by atoms with E-state index in [0.29, 0.717) is 12.8 Å². The Morgan fingerprint density at radius 2 is 1.89 bits per heavy atom. The number of likely N-dealkylation sites (N-methyl/N-ethyl adjacent to an activating group) is 1. The lowest BCUT2D eigenvalue weighted by molar-refractivity contribution is -0.139. The maximum absolute atomic E-state index is 11.9. The Labute approximate surface area is 107 Å². The average molecular weight is 258 g/mol. The van der Waals surface area contributed by atoms with Gasteiger partial charge in [-0.25, -0.2) is 4.79 Å². The van der Waals surface area contributed by atoms with Gasteiger partial charge in [0.25, 0.3) is 0 Å². The van der Waals surface area contributed by atoms with Crippen LogP contribution in [0.5, 0.6) is 0 Å². The molecule has 0 radical (unpaired) electrons. The summed E-state index contributed by atoms with van der Waals surface area (Å²) in [4.78, 5) is 24.2. The van der Waals surface area contributed by atoms with Crippen molar-refractivity contribution >= 4 is 12.0 Å². The minimum atomic E-state index is -0.887. The van der Waals surface area contributed by atoms with Crippen LogP contribution in [0.3, 0.4) is 0 Å². The van der Waals surface area contributed by atoms with Gasteiger partial charge < -0.3 is 20.4 Å². The van der Waals surface area contributed by atoms with Crippen molar-refractivity contribution in [3.63, 3.8) is 0 Å². The Balaban J connectivity index is 2.66. The number of hydrogen-bond donors (Lipinski definition) is 3. The largest absolute Gasteiger partial charge is 0.481 e. The van der Waals surface area contributed by atoms with Crippen LogP contribution in [-0.2, 0) is 4.79 Å². The second kappa shape index (κ2) is 6.58. The number of amides is 2. The number of carbonyl (C=O) groups is 2. The van der Waals surface area contributed by atoms with Crippen molar-refractivity contribution in [1.82, 2.24) is 10.2 Å². The number of aliphatic hydroxyl groups is 1. The van der Waals surface area contributed by atoms with Crippen LogP contribution < -0.4 is 5.32 Å². The highest BCUT2D eigenvalue weighted by atomic mass is 16.4. The first-order valence-electron chi connectivity index (χ1n) is 6.35. The van der Waals surface area contributed by atoms with E-state index in [4.69, 9.17) is 10.2 Å². The monoisotopic (exact) mass is 258 g/mol. The van der Waals surface area contributed by atoms with E-state index in [2.05, 4.69) is 5.32 Å². The quantitative estimate of drug-likeness (QED) is 0.680. The highest BCUT2D eigenvalue weighted by Gasteiger charge is 2.36. The first-order valence-corrected chi connectivity index (χ1v) is 6.35. The van der Waals surface area contributed by atoms with E-state index < -0.39 is 11.5 Å². The zero-order valence-corrected chi connectivity index (χ0v) is 10.8. The van der Waals surface area contributed by atoms with Crippen LogP contribution in [0.4, 0.5) is 4.79 Å². The molecule has 3 N–H and O–H groups in total. The van der Waals surface area contributed by atoms with Crippen LogP contribution in [0.25, 0.3) is 0 Å². The summed E-state index contributed by atoms with van der Waals surface area (Å²) in [5.74, 6) is -0.887. The molecule has 6 heteroatoms. The average Bonchev–Trinajstić information content (AvgIpc) is 2.29. The lowest BCUT2D eigenvalue weighted by atomic mass is 9.79. The molecule has 0 aromatic rings. The van der Waals surface area contributed by atoms with E-state index in [1.54, 1.807) is 7.05 Å². The van der Waals surface area contributed by atoms with Crippen LogP contribution >= 0.6 is 0 Å². The molecule has 0 spiro atoms. The third-order valence-electron chi connectivity index (χ3n) is 3.45. The lowest BCUT2D eigenvalue weighted by Gasteiger charge is -2.38. The van der Waals surface area contributed by atoms with Gasteiger partial charge in [-0.05, 0) is 12.8 Å². The highest BCUT2D eigenvalue weighted by molar-refractivity contribution is 5.76. The van der Waals surface area contributed by atoms with Gasteiger partial charge in [-0.3, -0.25) is 4.79 Å². The fraction of sp³-hybridized carbons (Fsp3) is 0.833. The van der Waals surface area contributed by atoms with Crippen molar-refractivity contribution in [3.8, 4) is 0 Å². The predicted molar refractivity (Wildman–Crippen MR) is 66.3 cm³/mol. The van der Waals surface area contributed by atoms with Crippen LogP contribution in [0.15, 0.2) is 0 Å². The topological polar surface area (TPSA) is 89.9 Å². The standard InChI is InChI=1S/C12H22N2O4/c1-14(7-8-15)11(18)13-12(9-10(16)17)5-3-2-4-6-12/h15H,2-9H2,1H3,(H,13,18)(H,16,17). The SMILES string of the molecule is CN(CCO)C(=O)NC1(CC(=O)O)CCCCC1. The van der Waals surface area contributed by atoms with Crippen molar-refractivity contribution in [2.75, 3.05) is 20.2 Å². The summed E-state index contributed by atoms with van der Waals surface area (Å²) < 4.78 is 0. The lowest BCUT2D eigenvalue weighted by Crippen LogP contribution is -2.54. The normalized spacial score (nSPS) is 18.1. The van der Waals surface area contributed by atoms with E-state index in [1.807, 2.05) is 0 Å². The molecule has 1 saturated carbocycles. The van der Waals surface area contributed by atoms with Crippen molar-refractivity contribution in [2.45, 2.75) is 44.1 Å². The maximum Gasteiger partial charge on any atom is 0.317 e. The Kier molecular flexibility index (Phi) is 5.40. The Morgan fingerprint density at radius 1 is 1.28 bits per heavy atom. The van der Waals surface area contributed by atoms with Gasteiger partial charge in [0, 0.05) is 13.6 Å². The minimum absolute atomic E-state index is 0.0360. The molecule has 2 amide bonds. The molecule has 0 heterocycles. The zero-order valence-electron chi connectivity index (χ0n) is 10.8. The predicted octanol–water partition coefficient (Wildman–Crippen LogP) is 0.798. The number of aliphatic hydroxyl groups excluding tert-OH is 1. The number of nitrogens with one attached hydrogen (secondary N) is 1. The fourth-order valence-corrected chi connectivity index (χ4v) is 2.44. The molecule has 1 aliphatic carbocycles. The molecule has 0 aromatic carbocycles. The molecule has 0 aliphatic heterocycles. The maximum atomic E-state index is 11.9. The molecule has 0 saturated heterocycles. The molecule has 104 valence electrons. The van der Waals surface area contributed by atoms with E-state index in [0.717, 1.165) is 19.3 Å². The van der Waals surface area contributed by atoms with Gasteiger partial charge in [-0.1, -0.05) is 19.3 Å². The van der Waals surface area contributed by atoms with Crippen LogP contribution in [0, 0.1) is 0 Å². The molecule has 18 heavy (non-hydrogen) atoms. The molecule has 0 atom stereocenters. The number of carbonyl (C=O) groups excluding carboxylic acids is 1. The highest BCUT2D eigenvalue weighted by Crippen LogP contribution is 2.31. The molecule has 1 rings (SSSR count). The van der Waals surface area contributed by atoms with Crippen molar-refractivity contribution in [3.05, 3.63) is 0 Å². The molecule has 0 bridgehead atoms. The second-order valence-corrected chi connectivity index (χ2v) is 4.99. The van der Waals surface area contributed by atoms with Gasteiger partial charge in [0.1, 0.15) is 0 Å². The number of carboxylic acid groups (broad SMARTS) is 1. The third-order valence-corrected chi connectivity index (χ3v) is 3.45. The molecule has 6 nitrogen and oxygen atoms in total. The smallest absolute Gasteiger partial charge is 0.317 e. The van der Waals surface area contributed by atoms with E-state index >= 15 is 0 Å². The van der Waals surface area contributed by atoms with E-state index in [-0.39, 0.29) is 25.6 Å². The van der Waals surface area contributed by atoms with Crippen molar-refractivity contribution in [2.24, 2.45) is 0 Å². The second-order valence-electron chi connectivity index (χ2n) is 4.99. The first-order chi connectivity index (χ1) is 8.49. The Hall–Kier alpha value is -1.30. The molecule has 0 unspecified atom stereocenters.